The average molecular weight is 164 g/mol. The van der Waals surface area contributed by atoms with E-state index in [1.54, 1.807) is 0 Å². The van der Waals surface area contributed by atoms with Crippen molar-refractivity contribution in [1.29, 1.82) is 0 Å². The molecular weight excluding hydrogens is 148 g/mol. The first-order valence-electron chi connectivity index (χ1n) is 4.78. The fourth-order valence-corrected chi connectivity index (χ4v) is 1.92. The summed E-state index contributed by atoms with van der Waals surface area (Å²) in [4.78, 5) is 0. The van der Waals surface area contributed by atoms with Gasteiger partial charge in [-0.2, -0.15) is 0 Å². The third-order valence-electron chi connectivity index (χ3n) is 2.83. The van der Waals surface area contributed by atoms with Crippen molar-refractivity contribution in [2.24, 2.45) is 0 Å². The van der Waals surface area contributed by atoms with E-state index in [1.165, 1.54) is 18.4 Å². The van der Waals surface area contributed by atoms with Gasteiger partial charge in [0.15, 0.2) is 0 Å². The van der Waals surface area contributed by atoms with Crippen LogP contribution in [0.25, 0.3) is 0 Å². The van der Waals surface area contributed by atoms with Crippen LogP contribution in [-0.4, -0.2) is 12.2 Å². The molecule has 0 aromatic carbocycles. The maximum absolute atomic E-state index is 5.82. The Hall–Kier alpha value is -0.560. The molecule has 1 spiro atoms. The minimum absolute atomic E-state index is 0.0811. The Morgan fingerprint density at radius 1 is 1.50 bits per heavy atom. The van der Waals surface area contributed by atoms with E-state index in [0.29, 0.717) is 0 Å². The van der Waals surface area contributed by atoms with Crippen LogP contribution < -0.4 is 0 Å². The number of ether oxygens (including phenoxy) is 1. The third-order valence-corrected chi connectivity index (χ3v) is 2.83. The van der Waals surface area contributed by atoms with Gasteiger partial charge in [0.05, 0.1) is 12.2 Å². The van der Waals surface area contributed by atoms with Gasteiger partial charge in [-0.15, -0.1) is 0 Å². The fourth-order valence-electron chi connectivity index (χ4n) is 1.92. The van der Waals surface area contributed by atoms with Crippen molar-refractivity contribution >= 4 is 0 Å². The first kappa shape index (κ1) is 8.06. The van der Waals surface area contributed by atoms with Crippen molar-refractivity contribution in [3.05, 3.63) is 23.8 Å². The van der Waals surface area contributed by atoms with Crippen molar-refractivity contribution < 1.29 is 4.74 Å². The highest BCUT2D eigenvalue weighted by atomic mass is 16.5. The topological polar surface area (TPSA) is 9.23 Å². The first-order chi connectivity index (χ1) is 5.81. The van der Waals surface area contributed by atoms with Crippen LogP contribution in [0.3, 0.4) is 0 Å². The van der Waals surface area contributed by atoms with Gasteiger partial charge in [0.25, 0.3) is 0 Å². The lowest BCUT2D eigenvalue weighted by molar-refractivity contribution is -0.0208. The van der Waals surface area contributed by atoms with Crippen molar-refractivity contribution in [3.8, 4) is 0 Å². The first-order valence-corrected chi connectivity index (χ1v) is 4.78. The molecule has 0 aromatic rings. The minimum atomic E-state index is 0.0811. The molecule has 12 heavy (non-hydrogen) atoms. The van der Waals surface area contributed by atoms with E-state index in [9.17, 15) is 0 Å². The highest BCUT2D eigenvalue weighted by Gasteiger charge is 2.30. The lowest BCUT2D eigenvalue weighted by Crippen LogP contribution is -2.34. The third kappa shape index (κ3) is 1.46. The SMILES string of the molecule is CC1=CCC2(C=CCCO2)CC1. The van der Waals surface area contributed by atoms with Crippen molar-refractivity contribution in [3.63, 3.8) is 0 Å². The van der Waals surface area contributed by atoms with Crippen LogP contribution in [0.5, 0.6) is 0 Å². The minimum Gasteiger partial charge on any atom is -0.370 e. The molecule has 0 fully saturated rings. The highest BCUT2D eigenvalue weighted by Crippen LogP contribution is 2.33. The van der Waals surface area contributed by atoms with Gasteiger partial charge in [-0.3, -0.25) is 0 Å². The molecule has 2 aliphatic rings. The predicted molar refractivity (Wildman–Crippen MR) is 50.0 cm³/mol. The van der Waals surface area contributed by atoms with E-state index in [-0.39, 0.29) is 5.60 Å². The van der Waals surface area contributed by atoms with Crippen LogP contribution in [-0.2, 0) is 4.74 Å². The molecule has 1 aliphatic carbocycles. The zero-order valence-electron chi connectivity index (χ0n) is 7.68. The molecule has 0 saturated heterocycles. The van der Waals surface area contributed by atoms with Gasteiger partial charge in [-0.05, 0) is 32.6 Å². The number of hydrogen-bond acceptors (Lipinski definition) is 1. The molecule has 2 rings (SSSR count). The van der Waals surface area contributed by atoms with Gasteiger partial charge >= 0.3 is 0 Å². The summed E-state index contributed by atoms with van der Waals surface area (Å²) in [6.45, 7) is 3.11. The second-order valence-corrected chi connectivity index (χ2v) is 3.86. The summed E-state index contributed by atoms with van der Waals surface area (Å²) in [6, 6.07) is 0. The summed E-state index contributed by atoms with van der Waals surface area (Å²) in [7, 11) is 0. The molecule has 66 valence electrons. The molecule has 0 amide bonds. The van der Waals surface area contributed by atoms with Gasteiger partial charge in [0.1, 0.15) is 0 Å². The van der Waals surface area contributed by atoms with Crippen LogP contribution >= 0.6 is 0 Å². The van der Waals surface area contributed by atoms with Crippen LogP contribution in [0.2, 0.25) is 0 Å². The molecule has 0 radical (unpaired) electrons. The lowest BCUT2D eigenvalue weighted by atomic mass is 9.84. The summed E-state index contributed by atoms with van der Waals surface area (Å²) < 4.78 is 5.82. The molecule has 1 atom stereocenters. The molecule has 1 unspecified atom stereocenters. The van der Waals surface area contributed by atoms with Crippen molar-refractivity contribution in [2.45, 2.75) is 38.2 Å². The Kier molecular flexibility index (Phi) is 2.05. The smallest absolute Gasteiger partial charge is 0.0900 e. The number of rotatable bonds is 0. The Balaban J connectivity index is 2.12. The summed E-state index contributed by atoms with van der Waals surface area (Å²) in [6.07, 6.45) is 11.4. The maximum Gasteiger partial charge on any atom is 0.0900 e. The standard InChI is InChI=1S/C11H16O/c1-10-4-7-11(8-5-10)6-2-3-9-12-11/h2,4,6H,3,5,7-9H2,1H3. The van der Waals surface area contributed by atoms with Crippen LogP contribution in [0.15, 0.2) is 23.8 Å². The van der Waals surface area contributed by atoms with Gasteiger partial charge in [0, 0.05) is 0 Å². The van der Waals surface area contributed by atoms with Crippen LogP contribution in [0, 0.1) is 0 Å². The molecule has 1 heterocycles. The van der Waals surface area contributed by atoms with E-state index in [4.69, 9.17) is 4.74 Å². The Morgan fingerprint density at radius 2 is 2.42 bits per heavy atom. The highest BCUT2D eigenvalue weighted by molar-refractivity contribution is 5.16. The fraction of sp³-hybridized carbons (Fsp3) is 0.636. The second kappa shape index (κ2) is 3.06. The Bertz CT molecular complexity index is 227. The van der Waals surface area contributed by atoms with Gasteiger partial charge in [-0.1, -0.05) is 23.8 Å². The van der Waals surface area contributed by atoms with Gasteiger partial charge in [-0.25, -0.2) is 0 Å². The second-order valence-electron chi connectivity index (χ2n) is 3.86. The molecule has 0 N–H and O–H groups in total. The zero-order valence-corrected chi connectivity index (χ0v) is 7.68. The molecule has 0 bridgehead atoms. The number of hydrogen-bond donors (Lipinski definition) is 0. The summed E-state index contributed by atoms with van der Waals surface area (Å²) in [5.41, 5.74) is 1.60. The molecule has 0 aromatic heterocycles. The summed E-state index contributed by atoms with van der Waals surface area (Å²) >= 11 is 0. The van der Waals surface area contributed by atoms with Crippen molar-refractivity contribution in [2.75, 3.05) is 6.61 Å². The van der Waals surface area contributed by atoms with Gasteiger partial charge < -0.3 is 4.74 Å². The maximum atomic E-state index is 5.82. The predicted octanol–water partition coefficient (Wildman–Crippen LogP) is 2.83. The molecular formula is C11H16O. The van der Waals surface area contributed by atoms with Crippen LogP contribution in [0.4, 0.5) is 0 Å². The van der Waals surface area contributed by atoms with E-state index < -0.39 is 0 Å². The zero-order chi connectivity index (χ0) is 8.44. The normalized spacial score (nSPS) is 35.2. The average Bonchev–Trinajstić information content (AvgIpc) is 2.13. The van der Waals surface area contributed by atoms with E-state index in [1.807, 2.05) is 0 Å². The summed E-state index contributed by atoms with van der Waals surface area (Å²) in [5.74, 6) is 0. The molecule has 1 nitrogen and oxygen atoms in total. The van der Waals surface area contributed by atoms with E-state index >= 15 is 0 Å². The van der Waals surface area contributed by atoms with Gasteiger partial charge in [0.2, 0.25) is 0 Å². The van der Waals surface area contributed by atoms with Crippen LogP contribution in [0.1, 0.15) is 32.6 Å². The van der Waals surface area contributed by atoms with E-state index in [2.05, 4.69) is 25.2 Å². The van der Waals surface area contributed by atoms with E-state index in [0.717, 1.165) is 19.4 Å². The molecule has 1 heteroatoms. The number of allylic oxidation sites excluding steroid dienone is 1. The quantitative estimate of drug-likeness (QED) is 0.500. The van der Waals surface area contributed by atoms with Crippen molar-refractivity contribution in [1.82, 2.24) is 0 Å². The summed E-state index contributed by atoms with van der Waals surface area (Å²) in [5, 5.41) is 0. The Morgan fingerprint density at radius 3 is 3.00 bits per heavy atom. The molecule has 1 aliphatic heterocycles. The Labute approximate surface area is 74.1 Å². The largest absolute Gasteiger partial charge is 0.370 e. The monoisotopic (exact) mass is 164 g/mol. The molecule has 0 saturated carbocycles. The lowest BCUT2D eigenvalue weighted by Gasteiger charge is -2.35.